The minimum atomic E-state index is 0.716. The molecule has 1 saturated heterocycles. The molecule has 0 amide bonds. The molecule has 5 nitrogen and oxygen atoms in total. The van der Waals surface area contributed by atoms with Gasteiger partial charge in [0.1, 0.15) is 5.75 Å². The molecule has 0 bridgehead atoms. The van der Waals surface area contributed by atoms with Crippen molar-refractivity contribution in [2.24, 2.45) is 10.9 Å². The molecule has 0 aliphatic carbocycles. The zero-order chi connectivity index (χ0) is 18.1. The number of benzene rings is 1. The standard InChI is InChI=1S/C20H34N4O/c1-5-24-12-6-7-18(15-24)14-23-20(21-3)22-11-10-17-9-8-16(2)19(13-17)25-4/h8-9,13,18H,5-7,10-12,14-15H2,1-4H3,(H2,21,22,23). The second kappa shape index (κ2) is 10.3. The second-order valence-electron chi connectivity index (χ2n) is 6.84. The highest BCUT2D eigenvalue weighted by Crippen LogP contribution is 2.19. The molecule has 1 fully saturated rings. The van der Waals surface area contributed by atoms with Crippen LogP contribution in [0.5, 0.6) is 5.75 Å². The van der Waals surface area contributed by atoms with Crippen LogP contribution in [-0.2, 0) is 6.42 Å². The lowest BCUT2D eigenvalue weighted by Gasteiger charge is -2.32. The number of aryl methyl sites for hydroxylation is 1. The molecule has 1 aliphatic rings. The maximum absolute atomic E-state index is 5.40. The summed E-state index contributed by atoms with van der Waals surface area (Å²) in [6.45, 7) is 9.77. The quantitative estimate of drug-likeness (QED) is 0.588. The third kappa shape index (κ3) is 6.24. The van der Waals surface area contributed by atoms with Crippen molar-refractivity contribution >= 4 is 5.96 Å². The molecule has 0 saturated carbocycles. The normalized spacial score (nSPS) is 18.9. The van der Waals surface area contributed by atoms with E-state index >= 15 is 0 Å². The summed E-state index contributed by atoms with van der Waals surface area (Å²) in [6.07, 6.45) is 3.56. The maximum Gasteiger partial charge on any atom is 0.190 e. The molecule has 0 aromatic heterocycles. The first-order chi connectivity index (χ1) is 12.2. The predicted molar refractivity (Wildman–Crippen MR) is 106 cm³/mol. The Hall–Kier alpha value is -1.75. The highest BCUT2D eigenvalue weighted by atomic mass is 16.5. The Morgan fingerprint density at radius 3 is 2.92 bits per heavy atom. The number of hydrogen-bond acceptors (Lipinski definition) is 3. The summed E-state index contributed by atoms with van der Waals surface area (Å²) in [5.41, 5.74) is 2.45. The van der Waals surface area contributed by atoms with Gasteiger partial charge in [-0.05, 0) is 62.4 Å². The minimum absolute atomic E-state index is 0.716. The van der Waals surface area contributed by atoms with Gasteiger partial charge in [0.2, 0.25) is 0 Å². The van der Waals surface area contributed by atoms with E-state index in [2.05, 4.69) is 52.6 Å². The molecule has 1 aromatic carbocycles. The molecule has 1 heterocycles. The van der Waals surface area contributed by atoms with Gasteiger partial charge in [0.15, 0.2) is 5.96 Å². The molecular weight excluding hydrogens is 312 g/mol. The molecule has 0 radical (unpaired) electrons. The Morgan fingerprint density at radius 2 is 2.20 bits per heavy atom. The number of hydrogen-bond donors (Lipinski definition) is 2. The van der Waals surface area contributed by atoms with E-state index in [1.54, 1.807) is 7.11 Å². The first kappa shape index (κ1) is 19.6. The average Bonchev–Trinajstić information content (AvgIpc) is 2.65. The molecule has 25 heavy (non-hydrogen) atoms. The Labute approximate surface area is 152 Å². The van der Waals surface area contributed by atoms with Crippen molar-refractivity contribution in [3.63, 3.8) is 0 Å². The van der Waals surface area contributed by atoms with E-state index in [0.717, 1.165) is 37.8 Å². The SMILES string of the molecule is CCN1CCCC(CNC(=NC)NCCc2ccc(C)c(OC)c2)C1. The molecule has 1 atom stereocenters. The summed E-state index contributed by atoms with van der Waals surface area (Å²) in [6, 6.07) is 6.40. The van der Waals surface area contributed by atoms with Crippen LogP contribution in [-0.4, -0.2) is 57.7 Å². The Balaban J connectivity index is 1.73. The molecule has 2 rings (SSSR count). The van der Waals surface area contributed by atoms with Crippen LogP contribution in [0.1, 0.15) is 30.9 Å². The van der Waals surface area contributed by atoms with Gasteiger partial charge < -0.3 is 20.3 Å². The van der Waals surface area contributed by atoms with Gasteiger partial charge in [-0.15, -0.1) is 0 Å². The fourth-order valence-electron chi connectivity index (χ4n) is 3.41. The molecule has 1 aromatic rings. The number of nitrogens with one attached hydrogen (secondary N) is 2. The van der Waals surface area contributed by atoms with Crippen LogP contribution in [0.2, 0.25) is 0 Å². The molecule has 2 N–H and O–H groups in total. The first-order valence-corrected chi connectivity index (χ1v) is 9.46. The van der Waals surface area contributed by atoms with E-state index in [1.807, 2.05) is 7.05 Å². The van der Waals surface area contributed by atoms with Gasteiger partial charge in [-0.1, -0.05) is 19.1 Å². The highest BCUT2D eigenvalue weighted by molar-refractivity contribution is 5.79. The molecule has 5 heteroatoms. The number of nitrogens with zero attached hydrogens (tertiary/aromatic N) is 2. The maximum atomic E-state index is 5.40. The minimum Gasteiger partial charge on any atom is -0.496 e. The predicted octanol–water partition coefficient (Wildman–Crippen LogP) is 2.44. The van der Waals surface area contributed by atoms with Crippen molar-refractivity contribution in [1.82, 2.24) is 15.5 Å². The second-order valence-corrected chi connectivity index (χ2v) is 6.84. The Kier molecular flexibility index (Phi) is 8.06. The number of piperidine rings is 1. The molecular formula is C20H34N4O. The van der Waals surface area contributed by atoms with Crippen LogP contribution < -0.4 is 15.4 Å². The van der Waals surface area contributed by atoms with E-state index in [4.69, 9.17) is 4.74 Å². The number of guanidine groups is 1. The molecule has 140 valence electrons. The molecule has 0 spiro atoms. The first-order valence-electron chi connectivity index (χ1n) is 9.46. The van der Waals surface area contributed by atoms with Gasteiger partial charge in [-0.3, -0.25) is 4.99 Å². The van der Waals surface area contributed by atoms with Gasteiger partial charge in [0.05, 0.1) is 7.11 Å². The number of ether oxygens (including phenoxy) is 1. The largest absolute Gasteiger partial charge is 0.496 e. The highest BCUT2D eigenvalue weighted by Gasteiger charge is 2.18. The van der Waals surface area contributed by atoms with Gasteiger partial charge in [-0.25, -0.2) is 0 Å². The van der Waals surface area contributed by atoms with Gasteiger partial charge in [0, 0.05) is 26.7 Å². The van der Waals surface area contributed by atoms with Crippen molar-refractivity contribution in [1.29, 1.82) is 0 Å². The fourth-order valence-corrected chi connectivity index (χ4v) is 3.41. The van der Waals surface area contributed by atoms with Crippen molar-refractivity contribution in [3.8, 4) is 5.75 Å². The zero-order valence-corrected chi connectivity index (χ0v) is 16.3. The van der Waals surface area contributed by atoms with Crippen LogP contribution in [0.15, 0.2) is 23.2 Å². The van der Waals surface area contributed by atoms with E-state index in [0.29, 0.717) is 5.92 Å². The zero-order valence-electron chi connectivity index (χ0n) is 16.3. The summed E-state index contributed by atoms with van der Waals surface area (Å²) in [5, 5.41) is 6.91. The number of aliphatic imine (C=N–C) groups is 1. The average molecular weight is 347 g/mol. The number of rotatable bonds is 7. The summed E-state index contributed by atoms with van der Waals surface area (Å²) in [7, 11) is 3.56. The van der Waals surface area contributed by atoms with Crippen molar-refractivity contribution in [2.75, 3.05) is 46.9 Å². The lowest BCUT2D eigenvalue weighted by atomic mass is 9.98. The van der Waals surface area contributed by atoms with Crippen LogP contribution in [0, 0.1) is 12.8 Å². The summed E-state index contributed by atoms with van der Waals surface area (Å²) < 4.78 is 5.40. The number of methoxy groups -OCH3 is 1. The Morgan fingerprint density at radius 1 is 1.36 bits per heavy atom. The van der Waals surface area contributed by atoms with Crippen molar-refractivity contribution < 1.29 is 4.74 Å². The van der Waals surface area contributed by atoms with Gasteiger partial charge >= 0.3 is 0 Å². The lowest BCUT2D eigenvalue weighted by Crippen LogP contribution is -2.44. The third-order valence-corrected chi connectivity index (χ3v) is 5.01. The van der Waals surface area contributed by atoms with Crippen LogP contribution in [0.25, 0.3) is 0 Å². The van der Waals surface area contributed by atoms with Crippen LogP contribution in [0.3, 0.4) is 0 Å². The van der Waals surface area contributed by atoms with E-state index < -0.39 is 0 Å². The van der Waals surface area contributed by atoms with E-state index in [-0.39, 0.29) is 0 Å². The topological polar surface area (TPSA) is 48.9 Å². The summed E-state index contributed by atoms with van der Waals surface area (Å²) >= 11 is 0. The molecule has 1 aliphatic heterocycles. The van der Waals surface area contributed by atoms with Crippen LogP contribution in [0.4, 0.5) is 0 Å². The van der Waals surface area contributed by atoms with E-state index in [9.17, 15) is 0 Å². The lowest BCUT2D eigenvalue weighted by molar-refractivity contribution is 0.183. The monoisotopic (exact) mass is 346 g/mol. The van der Waals surface area contributed by atoms with Crippen molar-refractivity contribution in [3.05, 3.63) is 29.3 Å². The van der Waals surface area contributed by atoms with Gasteiger partial charge in [0.25, 0.3) is 0 Å². The number of likely N-dealkylation sites (tertiary alicyclic amines) is 1. The van der Waals surface area contributed by atoms with Crippen molar-refractivity contribution in [2.45, 2.75) is 33.1 Å². The Bertz CT molecular complexity index is 559. The van der Waals surface area contributed by atoms with Crippen LogP contribution >= 0.6 is 0 Å². The van der Waals surface area contributed by atoms with Gasteiger partial charge in [-0.2, -0.15) is 0 Å². The fraction of sp³-hybridized carbons (Fsp3) is 0.650. The summed E-state index contributed by atoms with van der Waals surface area (Å²) in [5.74, 6) is 2.57. The van der Waals surface area contributed by atoms with E-state index in [1.165, 1.54) is 37.1 Å². The smallest absolute Gasteiger partial charge is 0.190 e. The molecule has 1 unspecified atom stereocenters. The third-order valence-electron chi connectivity index (χ3n) is 5.01. The summed E-state index contributed by atoms with van der Waals surface area (Å²) in [4.78, 5) is 6.89.